The Hall–Kier alpha value is -3.79. The molecule has 3 heterocycles. The standard InChI is InChI=1S/C33H45N5O5/c1-6-32(39)37-14-15-42-33-27(20-37)16-26(25-9-10-29(40-4)30(17-25)41-5)18-31(33)43-22-24-8-7-12-36(19-24)13-11-28-21-38(23(2)3)35-34-28/h9-10,16-18,21,23-24H,6-8,11-15,19-20,22H2,1-5H3/t24-/m0/s1. The average Bonchev–Trinajstić information content (AvgIpc) is 3.41. The van der Waals surface area contributed by atoms with Crippen LogP contribution < -0.4 is 18.9 Å². The van der Waals surface area contributed by atoms with Crippen LogP contribution in [0.5, 0.6) is 23.0 Å². The number of hydrogen-bond acceptors (Lipinski definition) is 8. The minimum Gasteiger partial charge on any atom is -0.493 e. The maximum atomic E-state index is 12.7. The maximum absolute atomic E-state index is 12.7. The number of hydrogen-bond donors (Lipinski definition) is 0. The van der Waals surface area contributed by atoms with Crippen LogP contribution in [0.3, 0.4) is 0 Å². The van der Waals surface area contributed by atoms with Crippen molar-refractivity contribution in [3.8, 4) is 34.1 Å². The molecular formula is C33H45N5O5. The van der Waals surface area contributed by atoms with E-state index in [1.807, 2.05) is 34.7 Å². The Kier molecular flexibility index (Phi) is 10.1. The van der Waals surface area contributed by atoms with Crippen molar-refractivity contribution in [2.75, 3.05) is 53.6 Å². The van der Waals surface area contributed by atoms with Crippen molar-refractivity contribution >= 4 is 5.91 Å². The fourth-order valence-corrected chi connectivity index (χ4v) is 5.86. The Balaban J connectivity index is 1.33. The van der Waals surface area contributed by atoms with Crippen molar-refractivity contribution in [2.24, 2.45) is 5.92 Å². The van der Waals surface area contributed by atoms with Crippen LogP contribution in [0.1, 0.15) is 57.3 Å². The van der Waals surface area contributed by atoms with Gasteiger partial charge in [-0.3, -0.25) is 4.79 Å². The highest BCUT2D eigenvalue weighted by molar-refractivity contribution is 5.77. The summed E-state index contributed by atoms with van der Waals surface area (Å²) in [6.45, 7) is 11.2. The van der Waals surface area contributed by atoms with Gasteiger partial charge in [0.15, 0.2) is 23.0 Å². The van der Waals surface area contributed by atoms with Gasteiger partial charge < -0.3 is 28.7 Å². The summed E-state index contributed by atoms with van der Waals surface area (Å²) in [6, 6.07) is 10.4. The number of ether oxygens (including phenoxy) is 4. The summed E-state index contributed by atoms with van der Waals surface area (Å²) >= 11 is 0. The number of aromatic nitrogens is 3. The molecule has 0 bridgehead atoms. The Bertz CT molecular complexity index is 1390. The van der Waals surface area contributed by atoms with Crippen LogP contribution >= 0.6 is 0 Å². The third kappa shape index (κ3) is 7.41. The second kappa shape index (κ2) is 14.1. The number of piperidine rings is 1. The third-order valence-corrected chi connectivity index (χ3v) is 8.32. The number of methoxy groups -OCH3 is 2. The molecule has 2 aliphatic heterocycles. The molecule has 43 heavy (non-hydrogen) atoms. The topological polar surface area (TPSA) is 91.2 Å². The Labute approximate surface area is 254 Å². The predicted molar refractivity (Wildman–Crippen MR) is 165 cm³/mol. The highest BCUT2D eigenvalue weighted by Crippen LogP contribution is 2.41. The van der Waals surface area contributed by atoms with Crippen LogP contribution in [0.15, 0.2) is 36.5 Å². The van der Waals surface area contributed by atoms with Crippen molar-refractivity contribution < 1.29 is 23.7 Å². The summed E-state index contributed by atoms with van der Waals surface area (Å²) in [5.74, 6) is 3.30. The lowest BCUT2D eigenvalue weighted by atomic mass is 9.98. The molecule has 0 aliphatic carbocycles. The van der Waals surface area contributed by atoms with Gasteiger partial charge in [0.1, 0.15) is 6.61 Å². The number of benzene rings is 2. The number of carbonyl (C=O) groups excluding carboxylic acids is 1. The molecule has 0 saturated carbocycles. The molecule has 0 unspecified atom stereocenters. The zero-order valence-electron chi connectivity index (χ0n) is 26.2. The summed E-state index contributed by atoms with van der Waals surface area (Å²) in [7, 11) is 3.27. The molecular weight excluding hydrogens is 546 g/mol. The quantitative estimate of drug-likeness (QED) is 0.308. The highest BCUT2D eigenvalue weighted by Gasteiger charge is 2.25. The van der Waals surface area contributed by atoms with E-state index >= 15 is 0 Å². The van der Waals surface area contributed by atoms with E-state index in [2.05, 4.69) is 47.4 Å². The van der Waals surface area contributed by atoms with Crippen molar-refractivity contribution in [1.82, 2.24) is 24.8 Å². The molecule has 10 nitrogen and oxygen atoms in total. The highest BCUT2D eigenvalue weighted by atomic mass is 16.5. The summed E-state index contributed by atoms with van der Waals surface area (Å²) in [5.41, 5.74) is 3.93. The molecule has 0 N–H and O–H groups in total. The van der Waals surface area contributed by atoms with E-state index < -0.39 is 0 Å². The number of carbonyl (C=O) groups is 1. The molecule has 2 aliphatic rings. The van der Waals surface area contributed by atoms with Crippen molar-refractivity contribution in [2.45, 2.75) is 59.0 Å². The second-order valence-corrected chi connectivity index (χ2v) is 11.7. The summed E-state index contributed by atoms with van der Waals surface area (Å²) < 4.78 is 25.8. The molecule has 0 spiro atoms. The average molecular weight is 592 g/mol. The molecule has 3 aromatic rings. The molecule has 1 atom stereocenters. The van der Waals surface area contributed by atoms with Crippen LogP contribution in [0.2, 0.25) is 0 Å². The van der Waals surface area contributed by atoms with Gasteiger partial charge in [0, 0.05) is 56.2 Å². The van der Waals surface area contributed by atoms with Crippen LogP contribution in [-0.4, -0.2) is 84.3 Å². The predicted octanol–water partition coefficient (Wildman–Crippen LogP) is 5.01. The van der Waals surface area contributed by atoms with Crippen LogP contribution in [-0.2, 0) is 17.8 Å². The van der Waals surface area contributed by atoms with Gasteiger partial charge >= 0.3 is 0 Å². The Morgan fingerprint density at radius 2 is 1.88 bits per heavy atom. The number of amides is 1. The number of likely N-dealkylation sites (tertiary alicyclic amines) is 1. The van der Waals surface area contributed by atoms with Gasteiger partial charge in [0.05, 0.1) is 33.1 Å². The maximum Gasteiger partial charge on any atom is 0.222 e. The lowest BCUT2D eigenvalue weighted by Gasteiger charge is -2.32. The fourth-order valence-electron chi connectivity index (χ4n) is 5.86. The van der Waals surface area contributed by atoms with Crippen molar-refractivity contribution in [3.63, 3.8) is 0 Å². The van der Waals surface area contributed by atoms with E-state index in [4.69, 9.17) is 18.9 Å². The number of fused-ring (bicyclic) bond motifs is 1. The molecule has 2 aromatic carbocycles. The molecule has 10 heteroatoms. The normalized spacial score (nSPS) is 17.3. The molecule has 1 amide bonds. The van der Waals surface area contributed by atoms with E-state index in [1.54, 1.807) is 14.2 Å². The third-order valence-electron chi connectivity index (χ3n) is 8.32. The fraction of sp³-hybridized carbons (Fsp3) is 0.545. The largest absolute Gasteiger partial charge is 0.493 e. The van der Waals surface area contributed by atoms with E-state index in [-0.39, 0.29) is 5.91 Å². The van der Waals surface area contributed by atoms with Gasteiger partial charge in [-0.25, -0.2) is 4.68 Å². The lowest BCUT2D eigenvalue weighted by molar-refractivity contribution is -0.131. The Morgan fingerprint density at radius 1 is 1.07 bits per heavy atom. The second-order valence-electron chi connectivity index (χ2n) is 11.7. The van der Waals surface area contributed by atoms with Gasteiger partial charge in [-0.05, 0) is 68.6 Å². The lowest BCUT2D eigenvalue weighted by Crippen LogP contribution is -2.38. The van der Waals surface area contributed by atoms with E-state index in [0.29, 0.717) is 56.2 Å². The molecule has 1 fully saturated rings. The number of rotatable bonds is 11. The van der Waals surface area contributed by atoms with Crippen LogP contribution in [0.25, 0.3) is 11.1 Å². The van der Waals surface area contributed by atoms with Gasteiger partial charge in [-0.15, -0.1) is 5.10 Å². The monoisotopic (exact) mass is 591 g/mol. The molecule has 1 aromatic heterocycles. The first-order valence-electron chi connectivity index (χ1n) is 15.4. The smallest absolute Gasteiger partial charge is 0.222 e. The van der Waals surface area contributed by atoms with Crippen molar-refractivity contribution in [1.29, 1.82) is 0 Å². The molecule has 1 saturated heterocycles. The minimum atomic E-state index is 0.115. The van der Waals surface area contributed by atoms with Crippen LogP contribution in [0.4, 0.5) is 0 Å². The van der Waals surface area contributed by atoms with E-state index in [1.165, 1.54) is 0 Å². The molecule has 0 radical (unpaired) electrons. The minimum absolute atomic E-state index is 0.115. The summed E-state index contributed by atoms with van der Waals surface area (Å²) in [5, 5.41) is 8.60. The number of nitrogens with zero attached hydrogens (tertiary/aromatic N) is 5. The SMILES string of the molecule is CCC(=O)N1CCOc2c(cc(-c3ccc(OC)c(OC)c3)cc2OC[C@H]2CCCN(CCc3cn(C(C)C)nn3)C2)C1. The molecule has 5 rings (SSSR count). The zero-order valence-corrected chi connectivity index (χ0v) is 26.2. The summed E-state index contributed by atoms with van der Waals surface area (Å²) in [4.78, 5) is 17.0. The van der Waals surface area contributed by atoms with Crippen molar-refractivity contribution in [3.05, 3.63) is 47.8 Å². The zero-order chi connectivity index (χ0) is 30.3. The van der Waals surface area contributed by atoms with Gasteiger partial charge in [-0.1, -0.05) is 18.2 Å². The van der Waals surface area contributed by atoms with Gasteiger partial charge in [-0.2, -0.15) is 0 Å². The first-order chi connectivity index (χ1) is 20.9. The Morgan fingerprint density at radius 3 is 2.63 bits per heavy atom. The summed E-state index contributed by atoms with van der Waals surface area (Å²) in [6.07, 6.45) is 5.67. The van der Waals surface area contributed by atoms with E-state index in [0.717, 1.165) is 72.8 Å². The van der Waals surface area contributed by atoms with Crippen LogP contribution in [0, 0.1) is 5.92 Å². The van der Waals surface area contributed by atoms with Gasteiger partial charge in [0.25, 0.3) is 0 Å². The molecule has 232 valence electrons. The first-order valence-corrected chi connectivity index (χ1v) is 15.4. The van der Waals surface area contributed by atoms with Gasteiger partial charge in [0.2, 0.25) is 5.91 Å². The first kappa shape index (κ1) is 30.7. The van der Waals surface area contributed by atoms with E-state index in [9.17, 15) is 4.79 Å².